The van der Waals surface area contributed by atoms with Crippen LogP contribution >= 0.6 is 0 Å². The maximum atomic E-state index is 5.98. The van der Waals surface area contributed by atoms with Gasteiger partial charge in [-0.05, 0) is 58.4 Å². The van der Waals surface area contributed by atoms with Gasteiger partial charge in [0, 0.05) is 7.11 Å². The molecule has 106 valence electrons. The molecule has 0 saturated heterocycles. The Hall–Kier alpha value is -0.340. The van der Waals surface area contributed by atoms with E-state index in [0.29, 0.717) is 6.04 Å². The van der Waals surface area contributed by atoms with Crippen LogP contribution in [0.1, 0.15) is 59.8 Å². The first kappa shape index (κ1) is 15.7. The molecule has 0 amide bonds. The Balaban J connectivity index is 2.81. The maximum Gasteiger partial charge on any atom is 0.0866 e. The molecule has 0 aromatic rings. The zero-order valence-corrected chi connectivity index (χ0v) is 12.9. The van der Waals surface area contributed by atoms with Crippen molar-refractivity contribution in [1.29, 1.82) is 0 Å². The monoisotopic (exact) mass is 253 g/mol. The zero-order valence-electron chi connectivity index (χ0n) is 12.9. The number of allylic oxidation sites excluding steroid dienone is 1. The molecule has 0 spiro atoms. The molecule has 1 saturated carbocycles. The Labute approximate surface area is 113 Å². The summed E-state index contributed by atoms with van der Waals surface area (Å²) in [7, 11) is 1.88. The third kappa shape index (κ3) is 4.10. The molecule has 1 unspecified atom stereocenters. The third-order valence-electron chi connectivity index (χ3n) is 4.21. The number of nitrogens with one attached hydrogen (secondary N) is 1. The zero-order chi connectivity index (χ0) is 13.6. The molecule has 0 aliphatic heterocycles. The summed E-state index contributed by atoms with van der Waals surface area (Å²) in [6, 6.07) is 0.361. The van der Waals surface area contributed by atoms with Crippen molar-refractivity contribution in [1.82, 2.24) is 5.32 Å². The summed E-state index contributed by atoms with van der Waals surface area (Å²) < 4.78 is 5.98. The van der Waals surface area contributed by atoms with Crippen LogP contribution in [0.5, 0.6) is 0 Å². The van der Waals surface area contributed by atoms with E-state index in [0.717, 1.165) is 12.5 Å². The van der Waals surface area contributed by atoms with Crippen molar-refractivity contribution in [2.24, 2.45) is 5.92 Å². The molecule has 1 N–H and O–H groups in total. The predicted molar refractivity (Wildman–Crippen MR) is 78.9 cm³/mol. The Morgan fingerprint density at radius 1 is 1.39 bits per heavy atom. The fourth-order valence-electron chi connectivity index (χ4n) is 2.92. The second kappa shape index (κ2) is 7.30. The van der Waals surface area contributed by atoms with Gasteiger partial charge < -0.3 is 10.1 Å². The minimum Gasteiger partial charge on any atom is -0.376 e. The van der Waals surface area contributed by atoms with E-state index in [1.807, 2.05) is 7.11 Å². The standard InChI is InChI=1S/C16H31NO/c1-6-11-17-15(12-13(2)3)16(18-5)9-7-14(4)8-10-16/h12,14-15,17H,6-11H2,1-5H3. The molecule has 2 heteroatoms. The van der Waals surface area contributed by atoms with E-state index in [-0.39, 0.29) is 5.60 Å². The quantitative estimate of drug-likeness (QED) is 0.725. The molecule has 1 aliphatic rings. The lowest BCUT2D eigenvalue weighted by atomic mass is 9.75. The van der Waals surface area contributed by atoms with Crippen LogP contribution in [0.15, 0.2) is 11.6 Å². The number of rotatable bonds is 6. The molecule has 0 aromatic heterocycles. The summed E-state index contributed by atoms with van der Waals surface area (Å²) >= 11 is 0. The van der Waals surface area contributed by atoms with Gasteiger partial charge in [-0.2, -0.15) is 0 Å². The van der Waals surface area contributed by atoms with E-state index < -0.39 is 0 Å². The summed E-state index contributed by atoms with van der Waals surface area (Å²) in [6.07, 6.45) is 8.45. The Bertz CT molecular complexity index is 260. The largest absolute Gasteiger partial charge is 0.376 e. The van der Waals surface area contributed by atoms with E-state index >= 15 is 0 Å². The molecule has 1 rings (SSSR count). The van der Waals surface area contributed by atoms with Gasteiger partial charge in [-0.3, -0.25) is 0 Å². The van der Waals surface area contributed by atoms with Crippen LogP contribution in [0, 0.1) is 5.92 Å². The highest BCUT2D eigenvalue weighted by Crippen LogP contribution is 2.37. The first-order valence-corrected chi connectivity index (χ1v) is 7.47. The smallest absolute Gasteiger partial charge is 0.0866 e. The topological polar surface area (TPSA) is 21.3 Å². The van der Waals surface area contributed by atoms with Gasteiger partial charge >= 0.3 is 0 Å². The van der Waals surface area contributed by atoms with Crippen LogP contribution in [-0.4, -0.2) is 25.3 Å². The SMILES string of the molecule is CCCNC(C=C(C)C)C1(OC)CCC(C)CC1. The van der Waals surface area contributed by atoms with Crippen molar-refractivity contribution in [3.05, 3.63) is 11.6 Å². The molecule has 0 heterocycles. The highest BCUT2D eigenvalue weighted by atomic mass is 16.5. The second-order valence-corrected chi connectivity index (χ2v) is 6.13. The van der Waals surface area contributed by atoms with Crippen molar-refractivity contribution >= 4 is 0 Å². The van der Waals surface area contributed by atoms with E-state index in [9.17, 15) is 0 Å². The number of hydrogen-bond donors (Lipinski definition) is 1. The lowest BCUT2D eigenvalue weighted by Crippen LogP contribution is -2.53. The Morgan fingerprint density at radius 2 is 2.00 bits per heavy atom. The van der Waals surface area contributed by atoms with Gasteiger partial charge in [0.05, 0.1) is 11.6 Å². The molecule has 1 atom stereocenters. The van der Waals surface area contributed by atoms with Crippen LogP contribution in [0.25, 0.3) is 0 Å². The fourth-order valence-corrected chi connectivity index (χ4v) is 2.92. The summed E-state index contributed by atoms with van der Waals surface area (Å²) in [4.78, 5) is 0. The van der Waals surface area contributed by atoms with Gasteiger partial charge in [-0.1, -0.05) is 25.5 Å². The molecule has 18 heavy (non-hydrogen) atoms. The van der Waals surface area contributed by atoms with Crippen LogP contribution in [0.2, 0.25) is 0 Å². The van der Waals surface area contributed by atoms with Crippen LogP contribution in [0.3, 0.4) is 0 Å². The van der Waals surface area contributed by atoms with Crippen LogP contribution in [0.4, 0.5) is 0 Å². The third-order valence-corrected chi connectivity index (χ3v) is 4.21. The van der Waals surface area contributed by atoms with Gasteiger partial charge in [-0.15, -0.1) is 0 Å². The minimum atomic E-state index is 0.0128. The molecule has 1 fully saturated rings. The van der Waals surface area contributed by atoms with Gasteiger partial charge in [-0.25, -0.2) is 0 Å². The van der Waals surface area contributed by atoms with E-state index in [4.69, 9.17) is 4.74 Å². The highest BCUT2D eigenvalue weighted by molar-refractivity contribution is 5.10. The minimum absolute atomic E-state index is 0.0128. The van der Waals surface area contributed by atoms with Crippen molar-refractivity contribution in [2.45, 2.75) is 71.4 Å². The Kier molecular flexibility index (Phi) is 6.37. The van der Waals surface area contributed by atoms with Crippen LogP contribution in [-0.2, 0) is 4.74 Å². The average molecular weight is 253 g/mol. The number of methoxy groups -OCH3 is 1. The molecular weight excluding hydrogens is 222 g/mol. The first-order chi connectivity index (χ1) is 8.54. The van der Waals surface area contributed by atoms with Crippen LogP contribution < -0.4 is 5.32 Å². The van der Waals surface area contributed by atoms with Crippen molar-refractivity contribution in [3.8, 4) is 0 Å². The molecular formula is C16H31NO. The summed E-state index contributed by atoms with van der Waals surface area (Å²) in [5.74, 6) is 0.854. The summed E-state index contributed by atoms with van der Waals surface area (Å²) in [6.45, 7) is 9.99. The van der Waals surface area contributed by atoms with Gasteiger partial charge in [0.2, 0.25) is 0 Å². The van der Waals surface area contributed by atoms with Gasteiger partial charge in [0.15, 0.2) is 0 Å². The van der Waals surface area contributed by atoms with Crippen molar-refractivity contribution in [2.75, 3.05) is 13.7 Å². The predicted octanol–water partition coefficient (Wildman–Crippen LogP) is 3.92. The fraction of sp³-hybridized carbons (Fsp3) is 0.875. The van der Waals surface area contributed by atoms with Crippen molar-refractivity contribution in [3.63, 3.8) is 0 Å². The maximum absolute atomic E-state index is 5.98. The van der Waals surface area contributed by atoms with E-state index in [1.165, 1.54) is 37.7 Å². The molecule has 0 bridgehead atoms. The first-order valence-electron chi connectivity index (χ1n) is 7.47. The lowest BCUT2D eigenvalue weighted by Gasteiger charge is -2.43. The number of hydrogen-bond acceptors (Lipinski definition) is 2. The van der Waals surface area contributed by atoms with Gasteiger partial charge in [0.1, 0.15) is 0 Å². The molecule has 1 aliphatic carbocycles. The number of ether oxygens (including phenoxy) is 1. The van der Waals surface area contributed by atoms with E-state index in [1.54, 1.807) is 0 Å². The summed E-state index contributed by atoms with van der Waals surface area (Å²) in [5.41, 5.74) is 1.39. The highest BCUT2D eigenvalue weighted by Gasteiger charge is 2.40. The van der Waals surface area contributed by atoms with Gasteiger partial charge in [0.25, 0.3) is 0 Å². The average Bonchev–Trinajstić information content (AvgIpc) is 2.35. The molecule has 0 radical (unpaired) electrons. The van der Waals surface area contributed by atoms with Crippen molar-refractivity contribution < 1.29 is 4.74 Å². The van der Waals surface area contributed by atoms with E-state index in [2.05, 4.69) is 39.1 Å². The molecule has 2 nitrogen and oxygen atoms in total. The lowest BCUT2D eigenvalue weighted by molar-refractivity contribution is -0.0637. The molecule has 0 aromatic carbocycles. The Morgan fingerprint density at radius 3 is 2.44 bits per heavy atom. The summed E-state index contributed by atoms with van der Waals surface area (Å²) in [5, 5.41) is 3.68. The normalized spacial score (nSPS) is 29.9. The second-order valence-electron chi connectivity index (χ2n) is 6.13.